The number of aromatic nitrogens is 2. The van der Waals surface area contributed by atoms with Gasteiger partial charge in [0.2, 0.25) is 5.91 Å². The van der Waals surface area contributed by atoms with Gasteiger partial charge < -0.3 is 9.73 Å². The number of amides is 1. The Bertz CT molecular complexity index is 1060. The molecule has 0 aliphatic rings. The summed E-state index contributed by atoms with van der Waals surface area (Å²) in [5.41, 5.74) is 2.53. The number of anilines is 1. The molecule has 2 aromatic carbocycles. The van der Waals surface area contributed by atoms with Crippen molar-refractivity contribution >= 4 is 56.8 Å². The van der Waals surface area contributed by atoms with Crippen molar-refractivity contribution in [1.29, 1.82) is 0 Å². The first-order valence-corrected chi connectivity index (χ1v) is 10.3. The lowest BCUT2D eigenvalue weighted by atomic mass is 10.1. The predicted octanol–water partition coefficient (Wildman–Crippen LogP) is 5.26. The van der Waals surface area contributed by atoms with E-state index in [1.165, 1.54) is 23.1 Å². The molecule has 136 valence electrons. The Kier molecular flexibility index (Phi) is 5.42. The predicted molar refractivity (Wildman–Crippen MR) is 110 cm³/mol. The van der Waals surface area contributed by atoms with Gasteiger partial charge in [-0.25, -0.2) is 9.97 Å². The van der Waals surface area contributed by atoms with Crippen molar-refractivity contribution in [3.8, 4) is 0 Å². The van der Waals surface area contributed by atoms with Gasteiger partial charge in [-0.05, 0) is 23.8 Å². The van der Waals surface area contributed by atoms with Crippen molar-refractivity contribution in [2.24, 2.45) is 0 Å². The molecular formula is C19H14ClN3O2S2. The van der Waals surface area contributed by atoms with Gasteiger partial charge in [-0.1, -0.05) is 53.7 Å². The van der Waals surface area contributed by atoms with Gasteiger partial charge >= 0.3 is 0 Å². The minimum Gasteiger partial charge on any atom is -0.431 e. The summed E-state index contributed by atoms with van der Waals surface area (Å²) in [7, 11) is 0. The molecule has 0 saturated heterocycles. The van der Waals surface area contributed by atoms with Crippen LogP contribution < -0.4 is 5.32 Å². The normalized spacial score (nSPS) is 11.0. The fraction of sp³-hybridized carbons (Fsp3) is 0.105. The number of oxazole rings is 1. The first-order chi connectivity index (χ1) is 13.2. The van der Waals surface area contributed by atoms with E-state index < -0.39 is 0 Å². The lowest BCUT2D eigenvalue weighted by Gasteiger charge is -2.01. The highest BCUT2D eigenvalue weighted by Crippen LogP contribution is 2.26. The van der Waals surface area contributed by atoms with Crippen molar-refractivity contribution in [1.82, 2.24) is 9.97 Å². The van der Waals surface area contributed by atoms with Crippen LogP contribution >= 0.6 is 34.7 Å². The standard InChI is InChI=1S/C19H14ClN3O2S2/c20-14-6-2-1-5-12(14)9-13-10-21-18(27-13)23-17(24)11-26-19-22-15-7-3-4-8-16(15)25-19/h1-8,10H,9,11H2,(H,21,23,24). The van der Waals surface area contributed by atoms with Crippen LogP contribution in [0.3, 0.4) is 0 Å². The smallest absolute Gasteiger partial charge is 0.257 e. The van der Waals surface area contributed by atoms with Crippen LogP contribution in [0.4, 0.5) is 5.13 Å². The number of thioether (sulfide) groups is 1. The molecule has 0 aliphatic carbocycles. The Labute approximate surface area is 168 Å². The number of rotatable bonds is 6. The Morgan fingerprint density at radius 3 is 2.85 bits per heavy atom. The van der Waals surface area contributed by atoms with Gasteiger partial charge in [-0.3, -0.25) is 4.79 Å². The molecular weight excluding hydrogens is 402 g/mol. The molecule has 2 aromatic heterocycles. The molecule has 0 aliphatic heterocycles. The SMILES string of the molecule is O=C(CSc1nc2ccccc2o1)Nc1ncc(Cc2ccccc2Cl)s1. The van der Waals surface area contributed by atoms with Crippen LogP contribution in [0.5, 0.6) is 0 Å². The molecule has 0 spiro atoms. The van der Waals surface area contributed by atoms with E-state index in [0.29, 0.717) is 22.4 Å². The molecule has 8 heteroatoms. The fourth-order valence-corrected chi connectivity index (χ4v) is 4.16. The molecule has 4 aromatic rings. The second kappa shape index (κ2) is 8.12. The van der Waals surface area contributed by atoms with E-state index >= 15 is 0 Å². The Morgan fingerprint density at radius 1 is 1.19 bits per heavy atom. The van der Waals surface area contributed by atoms with Gasteiger partial charge in [0.05, 0.1) is 5.75 Å². The lowest BCUT2D eigenvalue weighted by Crippen LogP contribution is -2.13. The molecule has 2 heterocycles. The van der Waals surface area contributed by atoms with Crippen LogP contribution in [0, 0.1) is 0 Å². The third-order valence-electron chi connectivity index (χ3n) is 3.72. The molecule has 5 nitrogen and oxygen atoms in total. The number of hydrogen-bond acceptors (Lipinski definition) is 6. The topological polar surface area (TPSA) is 68.0 Å². The van der Waals surface area contributed by atoms with E-state index in [0.717, 1.165) is 21.0 Å². The number of carbonyl (C=O) groups is 1. The van der Waals surface area contributed by atoms with E-state index in [9.17, 15) is 4.79 Å². The highest BCUT2D eigenvalue weighted by Gasteiger charge is 2.11. The maximum atomic E-state index is 12.2. The number of benzene rings is 2. The molecule has 0 bridgehead atoms. The van der Waals surface area contributed by atoms with E-state index in [-0.39, 0.29) is 11.7 Å². The zero-order valence-electron chi connectivity index (χ0n) is 14.0. The summed E-state index contributed by atoms with van der Waals surface area (Å²) in [4.78, 5) is 21.8. The zero-order valence-corrected chi connectivity index (χ0v) is 16.4. The van der Waals surface area contributed by atoms with Gasteiger partial charge in [0.25, 0.3) is 5.22 Å². The minimum absolute atomic E-state index is 0.152. The Balaban J connectivity index is 1.33. The van der Waals surface area contributed by atoms with Crippen LogP contribution in [-0.4, -0.2) is 21.6 Å². The Hall–Kier alpha value is -2.35. The summed E-state index contributed by atoms with van der Waals surface area (Å²) < 4.78 is 5.60. The van der Waals surface area contributed by atoms with Crippen LogP contribution in [0.1, 0.15) is 10.4 Å². The quantitative estimate of drug-likeness (QED) is 0.435. The first-order valence-electron chi connectivity index (χ1n) is 8.14. The molecule has 0 atom stereocenters. The van der Waals surface area contributed by atoms with Crippen molar-refractivity contribution in [3.05, 3.63) is 70.2 Å². The zero-order chi connectivity index (χ0) is 18.6. The number of fused-ring (bicyclic) bond motifs is 1. The van der Waals surface area contributed by atoms with Gasteiger partial charge in [-0.15, -0.1) is 11.3 Å². The summed E-state index contributed by atoms with van der Waals surface area (Å²) in [6.45, 7) is 0. The number of thiazole rings is 1. The summed E-state index contributed by atoms with van der Waals surface area (Å²) in [6.07, 6.45) is 2.45. The highest BCUT2D eigenvalue weighted by atomic mass is 35.5. The fourth-order valence-electron chi connectivity index (χ4n) is 2.47. The average Bonchev–Trinajstić information content (AvgIpc) is 3.28. The average molecular weight is 416 g/mol. The summed E-state index contributed by atoms with van der Waals surface area (Å²) >= 11 is 8.89. The molecule has 0 saturated carbocycles. The van der Waals surface area contributed by atoms with E-state index in [2.05, 4.69) is 15.3 Å². The molecule has 0 fully saturated rings. The van der Waals surface area contributed by atoms with Gasteiger partial charge in [-0.2, -0.15) is 0 Å². The molecule has 1 N–H and O–H groups in total. The van der Waals surface area contributed by atoms with Gasteiger partial charge in [0.15, 0.2) is 10.7 Å². The second-order valence-electron chi connectivity index (χ2n) is 5.68. The molecule has 0 unspecified atom stereocenters. The van der Waals surface area contributed by atoms with E-state index in [1.807, 2.05) is 48.5 Å². The molecule has 1 amide bonds. The largest absolute Gasteiger partial charge is 0.431 e. The van der Waals surface area contributed by atoms with E-state index in [4.69, 9.17) is 16.0 Å². The summed E-state index contributed by atoms with van der Waals surface area (Å²) in [6, 6.07) is 15.2. The molecule has 4 rings (SSSR count). The van der Waals surface area contributed by atoms with Crippen LogP contribution in [0.2, 0.25) is 5.02 Å². The van der Waals surface area contributed by atoms with Crippen LogP contribution in [-0.2, 0) is 11.2 Å². The number of nitrogens with zero attached hydrogens (tertiary/aromatic N) is 2. The summed E-state index contributed by atoms with van der Waals surface area (Å²) in [5.74, 6) is 0.0487. The third kappa shape index (κ3) is 4.50. The van der Waals surface area contributed by atoms with E-state index in [1.54, 1.807) is 6.20 Å². The van der Waals surface area contributed by atoms with Crippen molar-refractivity contribution in [3.63, 3.8) is 0 Å². The number of nitrogens with one attached hydrogen (secondary N) is 1. The number of para-hydroxylation sites is 2. The highest BCUT2D eigenvalue weighted by molar-refractivity contribution is 7.99. The minimum atomic E-state index is -0.152. The third-order valence-corrected chi connectivity index (χ3v) is 5.83. The molecule has 27 heavy (non-hydrogen) atoms. The maximum Gasteiger partial charge on any atom is 0.257 e. The number of halogens is 1. The Morgan fingerprint density at radius 2 is 2.00 bits per heavy atom. The van der Waals surface area contributed by atoms with Crippen molar-refractivity contribution in [2.75, 3.05) is 11.1 Å². The van der Waals surface area contributed by atoms with Crippen molar-refractivity contribution in [2.45, 2.75) is 11.6 Å². The summed E-state index contributed by atoms with van der Waals surface area (Å²) in [5, 5.41) is 4.59. The lowest BCUT2D eigenvalue weighted by molar-refractivity contribution is -0.113. The number of carbonyl (C=O) groups excluding carboxylic acids is 1. The second-order valence-corrected chi connectivity index (χ2v) is 8.13. The van der Waals surface area contributed by atoms with Crippen LogP contribution in [0.25, 0.3) is 11.1 Å². The van der Waals surface area contributed by atoms with Gasteiger partial charge in [0, 0.05) is 22.5 Å². The molecule has 0 radical (unpaired) electrons. The first kappa shape index (κ1) is 18.0. The monoisotopic (exact) mass is 415 g/mol. The van der Waals surface area contributed by atoms with Gasteiger partial charge in [0.1, 0.15) is 5.52 Å². The van der Waals surface area contributed by atoms with Crippen LogP contribution in [0.15, 0.2) is 64.4 Å². The maximum absolute atomic E-state index is 12.2. The number of hydrogen-bond donors (Lipinski definition) is 1. The van der Waals surface area contributed by atoms with Crippen molar-refractivity contribution < 1.29 is 9.21 Å².